The second-order valence-corrected chi connectivity index (χ2v) is 3.95. The zero-order chi connectivity index (χ0) is 15.2. The van der Waals surface area contributed by atoms with Crippen molar-refractivity contribution < 1.29 is 24.2 Å². The molecule has 0 aliphatic rings. The molecule has 0 aliphatic carbocycles. The fourth-order valence-electron chi connectivity index (χ4n) is 1.61. The summed E-state index contributed by atoms with van der Waals surface area (Å²) >= 11 is 0. The van der Waals surface area contributed by atoms with Gasteiger partial charge in [0.2, 0.25) is 0 Å². The van der Waals surface area contributed by atoms with Crippen LogP contribution < -0.4 is 5.32 Å². The second kappa shape index (κ2) is 6.33. The van der Waals surface area contributed by atoms with Gasteiger partial charge in [0.1, 0.15) is 6.33 Å². The molecule has 1 aromatic carbocycles. The Kier molecular flexibility index (Phi) is 4.30. The third-order valence-electron chi connectivity index (χ3n) is 2.54. The van der Waals surface area contributed by atoms with Crippen LogP contribution in [-0.2, 0) is 9.53 Å². The molecule has 1 atom stereocenters. The average molecular weight is 289 g/mol. The number of nitrogens with zero attached hydrogens (tertiary/aromatic N) is 2. The number of carboxylic acid groups (broad SMARTS) is 1. The first kappa shape index (κ1) is 14.3. The van der Waals surface area contributed by atoms with Crippen LogP contribution in [0.15, 0.2) is 49.1 Å². The van der Waals surface area contributed by atoms with Gasteiger partial charge in [-0.1, -0.05) is 30.3 Å². The van der Waals surface area contributed by atoms with Gasteiger partial charge in [0.25, 0.3) is 0 Å². The highest BCUT2D eigenvalue weighted by Crippen LogP contribution is 2.14. The number of ether oxygens (including phenoxy) is 1. The van der Waals surface area contributed by atoms with Crippen molar-refractivity contribution in [3.63, 3.8) is 0 Å². The van der Waals surface area contributed by atoms with Crippen molar-refractivity contribution in [3.8, 4) is 0 Å². The summed E-state index contributed by atoms with van der Waals surface area (Å²) in [5.74, 6) is -1.03. The van der Waals surface area contributed by atoms with Gasteiger partial charge >= 0.3 is 18.2 Å². The molecular weight excluding hydrogens is 278 g/mol. The Morgan fingerprint density at radius 3 is 2.52 bits per heavy atom. The predicted molar refractivity (Wildman–Crippen MR) is 69.5 cm³/mol. The van der Waals surface area contributed by atoms with Gasteiger partial charge in [-0.15, -0.1) is 0 Å². The molecule has 0 aliphatic heterocycles. The molecule has 0 bridgehead atoms. The molecule has 8 heteroatoms. The summed E-state index contributed by atoms with van der Waals surface area (Å²) in [6, 6.07) is 6.78. The van der Waals surface area contributed by atoms with E-state index >= 15 is 0 Å². The van der Waals surface area contributed by atoms with Gasteiger partial charge in [-0.3, -0.25) is 0 Å². The lowest BCUT2D eigenvalue weighted by Gasteiger charge is -2.15. The molecule has 0 saturated carbocycles. The van der Waals surface area contributed by atoms with Crippen molar-refractivity contribution in [2.45, 2.75) is 6.04 Å². The Balaban J connectivity index is 2.15. The van der Waals surface area contributed by atoms with E-state index in [0.717, 1.165) is 10.9 Å². The van der Waals surface area contributed by atoms with Crippen molar-refractivity contribution in [3.05, 3.63) is 54.6 Å². The fraction of sp³-hybridized carbons (Fsp3) is 0.0769. The summed E-state index contributed by atoms with van der Waals surface area (Å²) in [5, 5.41) is 10.8. The number of nitrogens with one attached hydrogen (secondary N) is 1. The number of esters is 1. The van der Waals surface area contributed by atoms with Crippen LogP contribution in [0.5, 0.6) is 0 Å². The molecule has 21 heavy (non-hydrogen) atoms. The fourth-order valence-corrected chi connectivity index (χ4v) is 1.61. The van der Waals surface area contributed by atoms with Crippen molar-refractivity contribution in [2.75, 3.05) is 0 Å². The molecule has 1 heterocycles. The molecule has 8 nitrogen and oxygen atoms in total. The molecule has 0 saturated heterocycles. The number of benzene rings is 1. The highest BCUT2D eigenvalue weighted by atomic mass is 16.6. The minimum absolute atomic E-state index is 0.364. The number of carbonyl (C=O) groups excluding carboxylic acids is 2. The molecule has 2 aromatic rings. The number of hydrogen-bond acceptors (Lipinski definition) is 5. The molecule has 0 radical (unpaired) electrons. The number of hydrogen-bond donors (Lipinski definition) is 2. The Morgan fingerprint density at radius 2 is 1.95 bits per heavy atom. The summed E-state index contributed by atoms with van der Waals surface area (Å²) in [4.78, 5) is 38.1. The SMILES string of the molecule is O=C(O)N[C@H](C(=O)OC(=O)n1ccnc1)c1ccccc1. The molecule has 0 spiro atoms. The van der Waals surface area contributed by atoms with Crippen molar-refractivity contribution >= 4 is 18.2 Å². The highest BCUT2D eigenvalue weighted by molar-refractivity contribution is 5.90. The normalized spacial score (nSPS) is 11.4. The summed E-state index contributed by atoms with van der Waals surface area (Å²) < 4.78 is 5.59. The lowest BCUT2D eigenvalue weighted by atomic mass is 10.1. The Morgan fingerprint density at radius 1 is 1.24 bits per heavy atom. The van der Waals surface area contributed by atoms with Crippen molar-refractivity contribution in [1.29, 1.82) is 0 Å². The first-order chi connectivity index (χ1) is 10.1. The molecule has 108 valence electrons. The summed E-state index contributed by atoms with van der Waals surface area (Å²) in [6.07, 6.45) is 1.44. The highest BCUT2D eigenvalue weighted by Gasteiger charge is 2.26. The third kappa shape index (κ3) is 3.66. The molecule has 0 unspecified atom stereocenters. The zero-order valence-corrected chi connectivity index (χ0v) is 10.7. The lowest BCUT2D eigenvalue weighted by molar-refractivity contribution is -0.139. The molecular formula is C13H11N3O5. The van der Waals surface area contributed by atoms with Gasteiger partial charge in [-0.2, -0.15) is 0 Å². The quantitative estimate of drug-likeness (QED) is 0.652. The van der Waals surface area contributed by atoms with Crippen LogP contribution in [0.25, 0.3) is 0 Å². The van der Waals surface area contributed by atoms with E-state index in [1.54, 1.807) is 30.3 Å². The van der Waals surface area contributed by atoms with Gasteiger partial charge in [0, 0.05) is 12.4 Å². The van der Waals surface area contributed by atoms with Crippen LogP contribution in [0.1, 0.15) is 11.6 Å². The van der Waals surface area contributed by atoms with Gasteiger partial charge in [0.05, 0.1) is 0 Å². The van der Waals surface area contributed by atoms with Crippen LogP contribution in [0.2, 0.25) is 0 Å². The number of rotatable bonds is 3. The summed E-state index contributed by atoms with van der Waals surface area (Å²) in [5.41, 5.74) is 0.364. The van der Waals surface area contributed by atoms with Crippen LogP contribution in [0.3, 0.4) is 0 Å². The molecule has 1 aromatic heterocycles. The monoisotopic (exact) mass is 289 g/mol. The minimum Gasteiger partial charge on any atom is -0.465 e. The van der Waals surface area contributed by atoms with E-state index in [1.807, 2.05) is 5.32 Å². The van der Waals surface area contributed by atoms with Gasteiger partial charge < -0.3 is 15.2 Å². The third-order valence-corrected chi connectivity index (χ3v) is 2.54. The molecule has 2 N–H and O–H groups in total. The van der Waals surface area contributed by atoms with Crippen LogP contribution in [0.4, 0.5) is 9.59 Å². The van der Waals surface area contributed by atoms with E-state index in [9.17, 15) is 14.4 Å². The summed E-state index contributed by atoms with van der Waals surface area (Å²) in [7, 11) is 0. The standard InChI is InChI=1S/C13H11N3O5/c17-11(21-13(20)16-7-6-14-8-16)10(15-12(18)19)9-4-2-1-3-5-9/h1-8,10,15H,(H,18,19)/t10-/m0/s1. The van der Waals surface area contributed by atoms with Gasteiger partial charge in [-0.05, 0) is 5.56 Å². The summed E-state index contributed by atoms with van der Waals surface area (Å²) in [6.45, 7) is 0. The Bertz CT molecular complexity index is 639. The van der Waals surface area contributed by atoms with E-state index in [-0.39, 0.29) is 0 Å². The first-order valence-electron chi connectivity index (χ1n) is 5.86. The maximum Gasteiger partial charge on any atom is 0.427 e. The smallest absolute Gasteiger partial charge is 0.427 e. The topological polar surface area (TPSA) is 111 Å². The molecule has 1 amide bonds. The minimum atomic E-state index is -1.41. The van der Waals surface area contributed by atoms with E-state index in [4.69, 9.17) is 5.11 Å². The van der Waals surface area contributed by atoms with Gasteiger partial charge in [0.15, 0.2) is 6.04 Å². The van der Waals surface area contributed by atoms with E-state index in [1.165, 1.54) is 12.4 Å². The number of carbonyl (C=O) groups is 3. The lowest BCUT2D eigenvalue weighted by Crippen LogP contribution is -2.35. The average Bonchev–Trinajstić information content (AvgIpc) is 2.99. The van der Waals surface area contributed by atoms with Crippen molar-refractivity contribution in [1.82, 2.24) is 14.9 Å². The van der Waals surface area contributed by atoms with E-state index in [2.05, 4.69) is 9.72 Å². The number of amides is 1. The largest absolute Gasteiger partial charge is 0.465 e. The van der Waals surface area contributed by atoms with Crippen LogP contribution >= 0.6 is 0 Å². The van der Waals surface area contributed by atoms with Crippen LogP contribution in [-0.4, -0.2) is 32.8 Å². The maximum absolute atomic E-state index is 12.0. The van der Waals surface area contributed by atoms with Crippen LogP contribution in [0, 0.1) is 0 Å². The number of imidazole rings is 1. The van der Waals surface area contributed by atoms with Gasteiger partial charge in [-0.25, -0.2) is 23.9 Å². The van der Waals surface area contributed by atoms with Crippen molar-refractivity contribution in [2.24, 2.45) is 0 Å². The number of aromatic nitrogens is 2. The maximum atomic E-state index is 12.0. The Hall–Kier alpha value is -3.16. The second-order valence-electron chi connectivity index (χ2n) is 3.95. The predicted octanol–water partition coefficient (Wildman–Crippen LogP) is 1.40. The zero-order valence-electron chi connectivity index (χ0n) is 10.7. The molecule has 2 rings (SSSR count). The van der Waals surface area contributed by atoms with E-state index in [0.29, 0.717) is 5.56 Å². The van der Waals surface area contributed by atoms with E-state index < -0.39 is 24.2 Å². The Labute approximate surface area is 119 Å². The first-order valence-corrected chi connectivity index (χ1v) is 5.86. The molecule has 0 fully saturated rings.